The summed E-state index contributed by atoms with van der Waals surface area (Å²) >= 11 is 0. The summed E-state index contributed by atoms with van der Waals surface area (Å²) in [6.45, 7) is 4.11. The molecule has 0 aromatic carbocycles. The van der Waals surface area contributed by atoms with Crippen molar-refractivity contribution in [3.8, 4) is 0 Å². The van der Waals surface area contributed by atoms with Crippen LogP contribution in [0.1, 0.15) is 23.1 Å². The molecule has 0 radical (unpaired) electrons. The minimum Gasteiger partial charge on any atom is -0.359 e. The highest BCUT2D eigenvalue weighted by Gasteiger charge is 2.31. The van der Waals surface area contributed by atoms with Crippen LogP contribution in [0.25, 0.3) is 0 Å². The number of nitrogens with one attached hydrogen (secondary N) is 2. The molecule has 1 aromatic rings. The lowest BCUT2D eigenvalue weighted by atomic mass is 10.1. The molecule has 2 rings (SSSR count). The first-order valence-corrected chi connectivity index (χ1v) is 7.66. The smallest absolute Gasteiger partial charge is 0.345 e. The Morgan fingerprint density at radius 3 is 2.46 bits per heavy atom. The van der Waals surface area contributed by atoms with Crippen LogP contribution >= 0.6 is 0 Å². The van der Waals surface area contributed by atoms with Gasteiger partial charge in [-0.25, -0.2) is 4.79 Å². The molecule has 0 aliphatic carbocycles. The molecule has 2 heterocycles. The van der Waals surface area contributed by atoms with Crippen LogP contribution in [0.4, 0.5) is 0 Å². The molecule has 1 saturated heterocycles. The fourth-order valence-corrected chi connectivity index (χ4v) is 2.71. The Hall–Kier alpha value is -2.71. The fraction of sp³-hybridized carbons (Fsp3) is 0.533. The first-order valence-electron chi connectivity index (χ1n) is 7.66. The zero-order valence-electron chi connectivity index (χ0n) is 14.0. The topological polar surface area (TPSA) is 115 Å². The first kappa shape index (κ1) is 17.6. The largest absolute Gasteiger partial charge is 0.359 e. The fourth-order valence-electron chi connectivity index (χ4n) is 2.71. The van der Waals surface area contributed by atoms with Gasteiger partial charge in [-0.3, -0.25) is 14.4 Å². The SMILES string of the molecule is CNC(=O)C1CN(C(C)=O)CCN(C(=O)c2cc(C)[nH]c(=O)n2)C1. The number of hydrogen-bond donors (Lipinski definition) is 2. The molecule has 0 spiro atoms. The van der Waals surface area contributed by atoms with E-state index in [1.165, 1.54) is 24.9 Å². The van der Waals surface area contributed by atoms with E-state index < -0.39 is 17.5 Å². The second-order valence-electron chi connectivity index (χ2n) is 5.78. The molecule has 1 aliphatic heterocycles. The number of aromatic amines is 1. The highest BCUT2D eigenvalue weighted by molar-refractivity contribution is 5.93. The second-order valence-corrected chi connectivity index (χ2v) is 5.78. The first-order chi connectivity index (χ1) is 11.3. The van der Waals surface area contributed by atoms with Crippen molar-refractivity contribution in [2.45, 2.75) is 13.8 Å². The molecule has 1 aromatic heterocycles. The summed E-state index contributed by atoms with van der Waals surface area (Å²) in [6.07, 6.45) is 0. The lowest BCUT2D eigenvalue weighted by molar-refractivity contribution is -0.130. The van der Waals surface area contributed by atoms with Crippen molar-refractivity contribution in [2.75, 3.05) is 33.2 Å². The van der Waals surface area contributed by atoms with Gasteiger partial charge in [0, 0.05) is 45.8 Å². The molecular weight excluding hydrogens is 314 g/mol. The van der Waals surface area contributed by atoms with E-state index in [4.69, 9.17) is 0 Å². The van der Waals surface area contributed by atoms with Crippen LogP contribution < -0.4 is 11.0 Å². The predicted octanol–water partition coefficient (Wildman–Crippen LogP) is -1.26. The zero-order chi connectivity index (χ0) is 17.9. The summed E-state index contributed by atoms with van der Waals surface area (Å²) in [7, 11) is 1.51. The third-order valence-electron chi connectivity index (χ3n) is 3.97. The highest BCUT2D eigenvalue weighted by atomic mass is 16.2. The number of aromatic nitrogens is 2. The highest BCUT2D eigenvalue weighted by Crippen LogP contribution is 2.13. The van der Waals surface area contributed by atoms with Crippen LogP contribution in [-0.2, 0) is 9.59 Å². The Labute approximate surface area is 139 Å². The zero-order valence-corrected chi connectivity index (χ0v) is 14.0. The summed E-state index contributed by atoms with van der Waals surface area (Å²) in [5.41, 5.74) is -0.0362. The second kappa shape index (κ2) is 7.24. The molecule has 9 nitrogen and oxygen atoms in total. The van der Waals surface area contributed by atoms with Crippen LogP contribution in [0.2, 0.25) is 0 Å². The summed E-state index contributed by atoms with van der Waals surface area (Å²) in [4.78, 5) is 57.0. The van der Waals surface area contributed by atoms with Gasteiger partial charge in [0.2, 0.25) is 11.8 Å². The van der Waals surface area contributed by atoms with E-state index in [1.54, 1.807) is 11.8 Å². The van der Waals surface area contributed by atoms with Gasteiger partial charge in [-0.15, -0.1) is 0 Å². The maximum Gasteiger partial charge on any atom is 0.345 e. The summed E-state index contributed by atoms with van der Waals surface area (Å²) in [5.74, 6) is -1.35. The normalized spacial score (nSPS) is 18.0. The van der Waals surface area contributed by atoms with Gasteiger partial charge in [-0.2, -0.15) is 4.98 Å². The number of carbonyl (C=O) groups is 3. The number of hydrogen-bond acceptors (Lipinski definition) is 5. The molecule has 130 valence electrons. The average molecular weight is 335 g/mol. The lowest BCUT2D eigenvalue weighted by Gasteiger charge is -2.22. The molecule has 24 heavy (non-hydrogen) atoms. The predicted molar refractivity (Wildman–Crippen MR) is 85.3 cm³/mol. The summed E-state index contributed by atoms with van der Waals surface area (Å²) < 4.78 is 0. The van der Waals surface area contributed by atoms with E-state index in [9.17, 15) is 19.2 Å². The van der Waals surface area contributed by atoms with Gasteiger partial charge in [0.05, 0.1) is 5.92 Å². The maximum absolute atomic E-state index is 12.7. The lowest BCUT2D eigenvalue weighted by Crippen LogP contribution is -2.42. The standard InChI is InChI=1S/C15H21N5O4/c1-9-6-12(18-15(24)17-9)14(23)20-5-4-19(10(2)21)7-11(8-20)13(22)16-3/h6,11H,4-5,7-8H2,1-3H3,(H,16,22)(H,17,18,24). The number of nitrogens with zero attached hydrogens (tertiary/aromatic N) is 3. The third-order valence-corrected chi connectivity index (χ3v) is 3.97. The van der Waals surface area contributed by atoms with Gasteiger partial charge in [-0.05, 0) is 13.0 Å². The van der Waals surface area contributed by atoms with Crippen molar-refractivity contribution < 1.29 is 14.4 Å². The molecule has 3 amide bonds. The number of rotatable bonds is 2. The molecule has 9 heteroatoms. The van der Waals surface area contributed by atoms with Crippen LogP contribution in [0.5, 0.6) is 0 Å². The van der Waals surface area contributed by atoms with Crippen molar-refractivity contribution in [1.82, 2.24) is 25.1 Å². The third kappa shape index (κ3) is 3.98. The molecule has 1 aliphatic rings. The molecule has 1 unspecified atom stereocenters. The van der Waals surface area contributed by atoms with Crippen molar-refractivity contribution >= 4 is 17.7 Å². The van der Waals surface area contributed by atoms with Crippen LogP contribution in [-0.4, -0.2) is 70.7 Å². The van der Waals surface area contributed by atoms with Gasteiger partial charge in [0.1, 0.15) is 5.69 Å². The Morgan fingerprint density at radius 1 is 1.25 bits per heavy atom. The Morgan fingerprint density at radius 2 is 1.88 bits per heavy atom. The molecule has 2 N–H and O–H groups in total. The number of carbonyl (C=O) groups excluding carboxylic acids is 3. The van der Waals surface area contributed by atoms with Crippen molar-refractivity contribution in [3.63, 3.8) is 0 Å². The van der Waals surface area contributed by atoms with Crippen molar-refractivity contribution in [3.05, 3.63) is 27.9 Å². The van der Waals surface area contributed by atoms with Gasteiger partial charge < -0.3 is 20.1 Å². The van der Waals surface area contributed by atoms with Crippen LogP contribution in [0, 0.1) is 12.8 Å². The maximum atomic E-state index is 12.7. The molecule has 0 saturated carbocycles. The summed E-state index contributed by atoms with van der Waals surface area (Å²) in [6, 6.07) is 1.49. The molecular formula is C15H21N5O4. The van der Waals surface area contributed by atoms with E-state index in [0.717, 1.165) is 0 Å². The van der Waals surface area contributed by atoms with E-state index in [1.807, 2.05) is 0 Å². The monoisotopic (exact) mass is 335 g/mol. The van der Waals surface area contributed by atoms with E-state index in [0.29, 0.717) is 12.2 Å². The quantitative estimate of drug-likeness (QED) is 0.700. The summed E-state index contributed by atoms with van der Waals surface area (Å²) in [5, 5.41) is 2.55. The molecule has 0 bridgehead atoms. The molecule has 1 fully saturated rings. The van der Waals surface area contributed by atoms with E-state index in [2.05, 4.69) is 15.3 Å². The van der Waals surface area contributed by atoms with E-state index >= 15 is 0 Å². The van der Waals surface area contributed by atoms with Gasteiger partial charge in [0.15, 0.2) is 0 Å². The molecule has 1 atom stereocenters. The number of aryl methyl sites for hydroxylation is 1. The van der Waals surface area contributed by atoms with Gasteiger partial charge in [0.25, 0.3) is 5.91 Å². The average Bonchev–Trinajstić information content (AvgIpc) is 2.75. The Kier molecular flexibility index (Phi) is 5.32. The number of amides is 3. The van der Waals surface area contributed by atoms with Crippen molar-refractivity contribution in [1.29, 1.82) is 0 Å². The minimum absolute atomic E-state index is 0.0307. The van der Waals surface area contributed by atoms with Crippen LogP contribution in [0.3, 0.4) is 0 Å². The van der Waals surface area contributed by atoms with Crippen LogP contribution in [0.15, 0.2) is 10.9 Å². The minimum atomic E-state index is -0.596. The van der Waals surface area contributed by atoms with Crippen molar-refractivity contribution in [2.24, 2.45) is 5.92 Å². The van der Waals surface area contributed by atoms with Gasteiger partial charge >= 0.3 is 5.69 Å². The van der Waals surface area contributed by atoms with Gasteiger partial charge in [-0.1, -0.05) is 0 Å². The number of H-pyrrole nitrogens is 1. The Balaban J connectivity index is 2.27. The van der Waals surface area contributed by atoms with E-state index in [-0.39, 0.29) is 37.1 Å². The Bertz CT molecular complexity index is 714.